The smallest absolute Gasteiger partial charge is 0.161 e. The Morgan fingerprint density at radius 2 is 1.62 bits per heavy atom. The summed E-state index contributed by atoms with van der Waals surface area (Å²) in [6, 6.07) is 16.0. The molecule has 2 aromatic carbocycles. The number of imidazole rings is 1. The van der Waals surface area contributed by atoms with Gasteiger partial charge in [0.05, 0.1) is 24.2 Å². The normalized spacial score (nSPS) is 11.2. The van der Waals surface area contributed by atoms with Crippen molar-refractivity contribution in [3.05, 3.63) is 54.4 Å². The highest BCUT2D eigenvalue weighted by Gasteiger charge is 2.13. The lowest BCUT2D eigenvalue weighted by molar-refractivity contribution is 0.266. The molecular formula is C20H24N2O2. The van der Waals surface area contributed by atoms with Crippen molar-refractivity contribution in [2.45, 2.75) is 33.2 Å². The standard InChI is InChI=1S/C20H24N2O2/c1-4-23-18-11-7-8-12-19(18)24-14-13-22-17-10-6-5-9-16(17)21-20(22)15(2)3/h5-12,15H,4,13-14H2,1-3H3. The molecule has 0 aliphatic rings. The fraction of sp³-hybridized carbons (Fsp3) is 0.350. The molecule has 0 aliphatic carbocycles. The Labute approximate surface area is 143 Å². The molecule has 4 nitrogen and oxygen atoms in total. The summed E-state index contributed by atoms with van der Waals surface area (Å²) < 4.78 is 13.8. The summed E-state index contributed by atoms with van der Waals surface area (Å²) in [6.45, 7) is 8.28. The minimum Gasteiger partial charge on any atom is -0.490 e. The van der Waals surface area contributed by atoms with Crippen molar-refractivity contribution in [2.24, 2.45) is 0 Å². The van der Waals surface area contributed by atoms with Crippen LogP contribution in [0.5, 0.6) is 11.5 Å². The van der Waals surface area contributed by atoms with Gasteiger partial charge in [0.15, 0.2) is 11.5 Å². The van der Waals surface area contributed by atoms with Gasteiger partial charge < -0.3 is 14.0 Å². The van der Waals surface area contributed by atoms with Gasteiger partial charge in [0.1, 0.15) is 12.4 Å². The molecule has 0 radical (unpaired) electrons. The van der Waals surface area contributed by atoms with Crippen molar-refractivity contribution in [3.63, 3.8) is 0 Å². The number of aromatic nitrogens is 2. The average Bonchev–Trinajstić information content (AvgIpc) is 2.96. The van der Waals surface area contributed by atoms with Crippen LogP contribution in [0.15, 0.2) is 48.5 Å². The van der Waals surface area contributed by atoms with Gasteiger partial charge in [0.2, 0.25) is 0 Å². The van der Waals surface area contributed by atoms with E-state index < -0.39 is 0 Å². The molecule has 3 aromatic rings. The van der Waals surface area contributed by atoms with E-state index in [1.807, 2.05) is 37.3 Å². The molecule has 0 atom stereocenters. The highest BCUT2D eigenvalue weighted by Crippen LogP contribution is 2.27. The van der Waals surface area contributed by atoms with Gasteiger partial charge in [-0.15, -0.1) is 0 Å². The van der Waals surface area contributed by atoms with Crippen molar-refractivity contribution in [3.8, 4) is 11.5 Å². The molecule has 0 spiro atoms. The van der Waals surface area contributed by atoms with E-state index in [0.717, 1.165) is 34.9 Å². The first-order chi connectivity index (χ1) is 11.7. The van der Waals surface area contributed by atoms with Gasteiger partial charge in [-0.3, -0.25) is 0 Å². The van der Waals surface area contributed by atoms with Crippen LogP contribution in [0.4, 0.5) is 0 Å². The Kier molecular flexibility index (Phi) is 5.04. The van der Waals surface area contributed by atoms with E-state index in [4.69, 9.17) is 14.5 Å². The number of ether oxygens (including phenoxy) is 2. The number of hydrogen-bond acceptors (Lipinski definition) is 3. The predicted octanol–water partition coefficient (Wildman–Crippen LogP) is 4.64. The molecule has 0 saturated carbocycles. The first kappa shape index (κ1) is 16.4. The number of rotatable bonds is 7. The molecule has 1 heterocycles. The molecule has 4 heteroatoms. The average molecular weight is 324 g/mol. The molecule has 0 unspecified atom stereocenters. The molecule has 0 aliphatic heterocycles. The van der Waals surface area contributed by atoms with Crippen LogP contribution >= 0.6 is 0 Å². The van der Waals surface area contributed by atoms with Crippen LogP contribution in [0.2, 0.25) is 0 Å². The summed E-state index contributed by atoms with van der Waals surface area (Å²) in [5.41, 5.74) is 2.19. The lowest BCUT2D eigenvalue weighted by Gasteiger charge is -2.14. The molecule has 0 amide bonds. The summed E-state index contributed by atoms with van der Waals surface area (Å²) in [5, 5.41) is 0. The van der Waals surface area contributed by atoms with E-state index in [0.29, 0.717) is 19.1 Å². The highest BCUT2D eigenvalue weighted by atomic mass is 16.5. The molecule has 0 bridgehead atoms. The molecule has 1 aromatic heterocycles. The fourth-order valence-electron chi connectivity index (χ4n) is 2.86. The molecule has 24 heavy (non-hydrogen) atoms. The van der Waals surface area contributed by atoms with Gasteiger partial charge in [0, 0.05) is 5.92 Å². The van der Waals surface area contributed by atoms with Crippen LogP contribution < -0.4 is 9.47 Å². The third-order valence-corrected chi connectivity index (χ3v) is 3.92. The van der Waals surface area contributed by atoms with Crippen LogP contribution in [-0.4, -0.2) is 22.8 Å². The number of hydrogen-bond donors (Lipinski definition) is 0. The van der Waals surface area contributed by atoms with Crippen LogP contribution in [-0.2, 0) is 6.54 Å². The molecule has 0 N–H and O–H groups in total. The van der Waals surface area contributed by atoms with E-state index in [-0.39, 0.29) is 0 Å². The maximum atomic E-state index is 5.97. The lowest BCUT2D eigenvalue weighted by Crippen LogP contribution is -2.12. The summed E-state index contributed by atoms with van der Waals surface area (Å²) in [7, 11) is 0. The second-order valence-corrected chi connectivity index (χ2v) is 5.99. The lowest BCUT2D eigenvalue weighted by atomic mass is 10.2. The zero-order valence-electron chi connectivity index (χ0n) is 14.5. The Morgan fingerprint density at radius 3 is 2.33 bits per heavy atom. The van der Waals surface area contributed by atoms with Crippen molar-refractivity contribution in [1.82, 2.24) is 9.55 Å². The second-order valence-electron chi connectivity index (χ2n) is 5.99. The fourth-order valence-corrected chi connectivity index (χ4v) is 2.86. The maximum Gasteiger partial charge on any atom is 0.161 e. The number of para-hydroxylation sites is 4. The van der Waals surface area contributed by atoms with E-state index in [2.05, 4.69) is 36.6 Å². The molecule has 0 saturated heterocycles. The topological polar surface area (TPSA) is 36.3 Å². The van der Waals surface area contributed by atoms with Crippen LogP contribution in [0.1, 0.15) is 32.5 Å². The van der Waals surface area contributed by atoms with E-state index in [9.17, 15) is 0 Å². The second kappa shape index (κ2) is 7.39. The quantitative estimate of drug-likeness (QED) is 0.635. The maximum absolute atomic E-state index is 5.97. The van der Waals surface area contributed by atoms with Gasteiger partial charge >= 0.3 is 0 Å². The predicted molar refractivity (Wildman–Crippen MR) is 96.9 cm³/mol. The zero-order valence-corrected chi connectivity index (χ0v) is 14.5. The highest BCUT2D eigenvalue weighted by molar-refractivity contribution is 5.76. The van der Waals surface area contributed by atoms with Crippen molar-refractivity contribution < 1.29 is 9.47 Å². The largest absolute Gasteiger partial charge is 0.490 e. The van der Waals surface area contributed by atoms with Crippen molar-refractivity contribution in [1.29, 1.82) is 0 Å². The van der Waals surface area contributed by atoms with Crippen LogP contribution in [0, 0.1) is 0 Å². The third-order valence-electron chi connectivity index (χ3n) is 3.92. The zero-order chi connectivity index (χ0) is 16.9. The Bertz CT molecular complexity index is 808. The third kappa shape index (κ3) is 3.37. The first-order valence-electron chi connectivity index (χ1n) is 8.50. The van der Waals surface area contributed by atoms with Gasteiger partial charge in [-0.2, -0.15) is 0 Å². The van der Waals surface area contributed by atoms with Gasteiger partial charge in [-0.05, 0) is 31.2 Å². The SMILES string of the molecule is CCOc1ccccc1OCCn1c(C(C)C)nc2ccccc21. The van der Waals surface area contributed by atoms with Gasteiger partial charge in [-0.1, -0.05) is 38.1 Å². The van der Waals surface area contributed by atoms with Crippen molar-refractivity contribution >= 4 is 11.0 Å². The van der Waals surface area contributed by atoms with Crippen LogP contribution in [0.25, 0.3) is 11.0 Å². The summed E-state index contributed by atoms with van der Waals surface area (Å²) >= 11 is 0. The number of benzene rings is 2. The summed E-state index contributed by atoms with van der Waals surface area (Å²) in [6.07, 6.45) is 0. The molecule has 126 valence electrons. The minimum absolute atomic E-state index is 0.369. The molecule has 0 fully saturated rings. The number of fused-ring (bicyclic) bond motifs is 1. The monoisotopic (exact) mass is 324 g/mol. The van der Waals surface area contributed by atoms with Crippen molar-refractivity contribution in [2.75, 3.05) is 13.2 Å². The van der Waals surface area contributed by atoms with Gasteiger partial charge in [-0.25, -0.2) is 4.98 Å². The Hall–Kier alpha value is -2.49. The number of nitrogens with zero attached hydrogens (tertiary/aromatic N) is 2. The van der Waals surface area contributed by atoms with E-state index >= 15 is 0 Å². The first-order valence-corrected chi connectivity index (χ1v) is 8.50. The Balaban J connectivity index is 1.78. The summed E-state index contributed by atoms with van der Waals surface area (Å²) in [4.78, 5) is 4.77. The minimum atomic E-state index is 0.369. The molecular weight excluding hydrogens is 300 g/mol. The van der Waals surface area contributed by atoms with Crippen LogP contribution in [0.3, 0.4) is 0 Å². The molecule has 3 rings (SSSR count). The summed E-state index contributed by atoms with van der Waals surface area (Å²) in [5.74, 6) is 3.04. The Morgan fingerprint density at radius 1 is 0.958 bits per heavy atom. The van der Waals surface area contributed by atoms with Gasteiger partial charge in [0.25, 0.3) is 0 Å². The van der Waals surface area contributed by atoms with E-state index in [1.54, 1.807) is 0 Å². The van der Waals surface area contributed by atoms with E-state index in [1.165, 1.54) is 0 Å².